The summed E-state index contributed by atoms with van der Waals surface area (Å²) in [5.41, 5.74) is 3.81. The summed E-state index contributed by atoms with van der Waals surface area (Å²) in [6.45, 7) is 2.48. The molecule has 1 aromatic heterocycles. The molecule has 1 heterocycles. The molecule has 1 aromatic carbocycles. The Bertz CT molecular complexity index is 551. The molecule has 6 nitrogen and oxygen atoms in total. The largest absolute Gasteiger partial charge is 0.493 e. The fraction of sp³-hybridized carbons (Fsp3) is 0.167. The van der Waals surface area contributed by atoms with Gasteiger partial charge in [0.1, 0.15) is 11.4 Å². The highest BCUT2D eigenvalue weighted by Crippen LogP contribution is 2.28. The van der Waals surface area contributed by atoms with Gasteiger partial charge in [-0.1, -0.05) is 12.1 Å². The first-order chi connectivity index (χ1) is 8.76. The summed E-state index contributed by atoms with van der Waals surface area (Å²) in [4.78, 5) is 11.3. The van der Waals surface area contributed by atoms with E-state index in [1.165, 1.54) is 0 Å². The lowest BCUT2D eigenvalue weighted by atomic mass is 10.1. The van der Waals surface area contributed by atoms with E-state index in [1.807, 2.05) is 36.6 Å². The SMILES string of the molecule is CCOc1ccccc1-c1cc(C(=O)NN)[nH]n1. The number of benzene rings is 1. The zero-order valence-corrected chi connectivity index (χ0v) is 9.93. The Labute approximate surface area is 104 Å². The van der Waals surface area contributed by atoms with Crippen molar-refractivity contribution in [3.63, 3.8) is 0 Å². The van der Waals surface area contributed by atoms with E-state index < -0.39 is 5.91 Å². The second kappa shape index (κ2) is 5.33. The first-order valence-corrected chi connectivity index (χ1v) is 5.54. The van der Waals surface area contributed by atoms with E-state index in [2.05, 4.69) is 10.2 Å². The maximum absolute atomic E-state index is 11.3. The third-order valence-electron chi connectivity index (χ3n) is 2.42. The number of hydrogen-bond acceptors (Lipinski definition) is 4. The highest BCUT2D eigenvalue weighted by molar-refractivity contribution is 5.93. The summed E-state index contributed by atoms with van der Waals surface area (Å²) in [7, 11) is 0. The lowest BCUT2D eigenvalue weighted by Gasteiger charge is -2.07. The van der Waals surface area contributed by atoms with Crippen LogP contribution in [0.25, 0.3) is 11.3 Å². The number of nitrogen functional groups attached to an aromatic ring is 1. The monoisotopic (exact) mass is 246 g/mol. The fourth-order valence-electron chi connectivity index (χ4n) is 1.61. The number of carbonyl (C=O) groups is 1. The van der Waals surface area contributed by atoms with Gasteiger partial charge in [0.2, 0.25) is 0 Å². The van der Waals surface area contributed by atoms with Crippen molar-refractivity contribution in [3.05, 3.63) is 36.0 Å². The molecule has 1 amide bonds. The van der Waals surface area contributed by atoms with Gasteiger partial charge < -0.3 is 4.74 Å². The molecule has 0 bridgehead atoms. The van der Waals surface area contributed by atoms with Gasteiger partial charge in [-0.15, -0.1) is 0 Å². The van der Waals surface area contributed by atoms with Crippen LogP contribution in [-0.2, 0) is 0 Å². The number of rotatable bonds is 4. The van der Waals surface area contributed by atoms with Crippen LogP contribution in [0.15, 0.2) is 30.3 Å². The number of hydrogen-bond donors (Lipinski definition) is 3. The van der Waals surface area contributed by atoms with Crippen LogP contribution in [0.3, 0.4) is 0 Å². The summed E-state index contributed by atoms with van der Waals surface area (Å²) in [5.74, 6) is 5.37. The molecule has 0 unspecified atom stereocenters. The predicted molar refractivity (Wildman–Crippen MR) is 66.8 cm³/mol. The van der Waals surface area contributed by atoms with Crippen LogP contribution in [0.5, 0.6) is 5.75 Å². The van der Waals surface area contributed by atoms with Gasteiger partial charge in [0, 0.05) is 5.56 Å². The van der Waals surface area contributed by atoms with Crippen molar-refractivity contribution in [2.45, 2.75) is 6.92 Å². The third-order valence-corrected chi connectivity index (χ3v) is 2.42. The maximum atomic E-state index is 11.3. The Kier molecular flexibility index (Phi) is 3.59. The van der Waals surface area contributed by atoms with Crippen molar-refractivity contribution < 1.29 is 9.53 Å². The average Bonchev–Trinajstić information content (AvgIpc) is 2.88. The molecule has 2 rings (SSSR count). The number of H-pyrrole nitrogens is 1. The van der Waals surface area contributed by atoms with Crippen LogP contribution in [0, 0.1) is 0 Å². The molecular weight excluding hydrogens is 232 g/mol. The van der Waals surface area contributed by atoms with Crippen LogP contribution >= 0.6 is 0 Å². The number of amides is 1. The summed E-state index contributed by atoms with van der Waals surface area (Å²) < 4.78 is 5.51. The second-order valence-corrected chi connectivity index (χ2v) is 3.57. The molecule has 0 aliphatic rings. The molecule has 0 radical (unpaired) electrons. The first-order valence-electron chi connectivity index (χ1n) is 5.54. The Hall–Kier alpha value is -2.34. The molecule has 0 fully saturated rings. The highest BCUT2D eigenvalue weighted by Gasteiger charge is 2.12. The predicted octanol–water partition coefficient (Wildman–Crippen LogP) is 1.08. The number of aromatic nitrogens is 2. The van der Waals surface area contributed by atoms with Crippen molar-refractivity contribution in [3.8, 4) is 17.0 Å². The van der Waals surface area contributed by atoms with Gasteiger partial charge in [0.15, 0.2) is 0 Å². The van der Waals surface area contributed by atoms with Crippen molar-refractivity contribution in [1.82, 2.24) is 15.6 Å². The lowest BCUT2D eigenvalue weighted by molar-refractivity contribution is 0.0948. The summed E-state index contributed by atoms with van der Waals surface area (Å²) >= 11 is 0. The van der Waals surface area contributed by atoms with Crippen LogP contribution in [-0.4, -0.2) is 22.7 Å². The van der Waals surface area contributed by atoms with Crippen molar-refractivity contribution in [1.29, 1.82) is 0 Å². The van der Waals surface area contributed by atoms with Crippen LogP contribution < -0.4 is 16.0 Å². The minimum Gasteiger partial charge on any atom is -0.493 e. The quantitative estimate of drug-likeness (QED) is 0.427. The smallest absolute Gasteiger partial charge is 0.283 e. The molecule has 4 N–H and O–H groups in total. The second-order valence-electron chi connectivity index (χ2n) is 3.57. The minimum atomic E-state index is -0.414. The number of hydrazine groups is 1. The van der Waals surface area contributed by atoms with Crippen LogP contribution in [0.4, 0.5) is 0 Å². The molecule has 2 aromatic rings. The number of nitrogens with two attached hydrogens (primary N) is 1. The highest BCUT2D eigenvalue weighted by atomic mass is 16.5. The van der Waals surface area contributed by atoms with Crippen molar-refractivity contribution in [2.75, 3.05) is 6.61 Å². The summed E-state index contributed by atoms with van der Waals surface area (Å²) in [6.07, 6.45) is 0. The van der Waals surface area contributed by atoms with Crippen molar-refractivity contribution >= 4 is 5.91 Å². The minimum absolute atomic E-state index is 0.304. The Balaban J connectivity index is 2.36. The van der Waals surface area contributed by atoms with Gasteiger partial charge >= 0.3 is 0 Å². The standard InChI is InChI=1S/C12H14N4O2/c1-2-18-11-6-4-3-5-8(11)9-7-10(16-15-9)12(17)14-13/h3-7H,2,13H2,1H3,(H,14,17)(H,15,16). The summed E-state index contributed by atoms with van der Waals surface area (Å²) in [6, 6.07) is 9.13. The van der Waals surface area contributed by atoms with E-state index in [0.717, 1.165) is 11.3 Å². The number of nitrogens with zero attached hydrogens (tertiary/aromatic N) is 1. The Morgan fingerprint density at radius 1 is 1.50 bits per heavy atom. The zero-order valence-electron chi connectivity index (χ0n) is 9.93. The van der Waals surface area contributed by atoms with Gasteiger partial charge in [0.05, 0.1) is 12.3 Å². The summed E-state index contributed by atoms with van der Waals surface area (Å²) in [5, 5.41) is 6.70. The Morgan fingerprint density at radius 3 is 3.00 bits per heavy atom. The molecule has 0 aliphatic heterocycles. The molecule has 18 heavy (non-hydrogen) atoms. The van der Waals surface area contributed by atoms with Gasteiger partial charge in [-0.25, -0.2) is 5.84 Å². The first kappa shape index (κ1) is 12.1. The third kappa shape index (κ3) is 2.33. The maximum Gasteiger partial charge on any atom is 0.283 e. The van der Waals surface area contributed by atoms with Gasteiger partial charge in [-0.3, -0.25) is 15.3 Å². The van der Waals surface area contributed by atoms with Crippen LogP contribution in [0.2, 0.25) is 0 Å². The normalized spacial score (nSPS) is 10.1. The van der Waals surface area contributed by atoms with Gasteiger partial charge in [0.25, 0.3) is 5.91 Å². The fourth-order valence-corrected chi connectivity index (χ4v) is 1.61. The number of para-hydroxylation sites is 1. The van der Waals surface area contributed by atoms with Crippen molar-refractivity contribution in [2.24, 2.45) is 5.84 Å². The molecule has 0 spiro atoms. The van der Waals surface area contributed by atoms with Crippen LogP contribution in [0.1, 0.15) is 17.4 Å². The molecule has 0 saturated heterocycles. The molecule has 0 saturated carbocycles. The molecular formula is C12H14N4O2. The van der Waals surface area contributed by atoms with Gasteiger partial charge in [-0.05, 0) is 25.1 Å². The van der Waals surface area contributed by atoms with E-state index in [4.69, 9.17) is 10.6 Å². The molecule has 6 heteroatoms. The van der Waals surface area contributed by atoms with E-state index in [0.29, 0.717) is 18.0 Å². The van der Waals surface area contributed by atoms with E-state index in [-0.39, 0.29) is 0 Å². The lowest BCUT2D eigenvalue weighted by Crippen LogP contribution is -2.30. The van der Waals surface area contributed by atoms with E-state index >= 15 is 0 Å². The number of aromatic amines is 1. The zero-order chi connectivity index (χ0) is 13.0. The molecule has 0 atom stereocenters. The number of carbonyl (C=O) groups excluding carboxylic acids is 1. The van der Waals surface area contributed by atoms with Gasteiger partial charge in [-0.2, -0.15) is 5.10 Å². The average molecular weight is 246 g/mol. The molecule has 94 valence electrons. The number of nitrogens with one attached hydrogen (secondary N) is 2. The Morgan fingerprint density at radius 2 is 2.28 bits per heavy atom. The topological polar surface area (TPSA) is 93.0 Å². The van der Waals surface area contributed by atoms with E-state index in [9.17, 15) is 4.79 Å². The van der Waals surface area contributed by atoms with E-state index in [1.54, 1.807) is 6.07 Å². The number of ether oxygens (including phenoxy) is 1. The molecule has 0 aliphatic carbocycles.